The van der Waals surface area contributed by atoms with Crippen LogP contribution in [0.1, 0.15) is 22.4 Å². The minimum Gasteiger partial charge on any atom is -0.484 e. The maximum atomic E-state index is 12.4. The molecule has 1 heterocycles. The maximum Gasteiger partial charge on any atom is 0.422 e. The van der Waals surface area contributed by atoms with Gasteiger partial charge in [-0.15, -0.1) is 35.3 Å². The molecule has 0 aliphatic carbocycles. The highest BCUT2D eigenvalue weighted by Gasteiger charge is 2.28. The zero-order valence-electron chi connectivity index (χ0n) is 15.0. The van der Waals surface area contributed by atoms with Crippen molar-refractivity contribution in [3.8, 4) is 5.75 Å². The van der Waals surface area contributed by atoms with Crippen molar-refractivity contribution in [1.82, 2.24) is 15.6 Å². The minimum absolute atomic E-state index is 0. The minimum atomic E-state index is -4.38. The third kappa shape index (κ3) is 8.78. The first-order valence-electron chi connectivity index (χ1n) is 8.08. The molecule has 5 nitrogen and oxygen atoms in total. The molecular weight excluding hydrogens is 492 g/mol. The summed E-state index contributed by atoms with van der Waals surface area (Å²) in [5.74, 6) is 0.742. The quantitative estimate of drug-likeness (QED) is 0.330. The van der Waals surface area contributed by atoms with E-state index in [1.54, 1.807) is 35.7 Å². The Balaban J connectivity index is 0.00000364. The van der Waals surface area contributed by atoms with Gasteiger partial charge in [-0.25, -0.2) is 9.98 Å². The van der Waals surface area contributed by atoms with Crippen molar-refractivity contribution < 1.29 is 17.9 Å². The summed E-state index contributed by atoms with van der Waals surface area (Å²) in [6.07, 6.45) is -2.57. The van der Waals surface area contributed by atoms with Gasteiger partial charge in [-0.1, -0.05) is 18.2 Å². The molecule has 0 atom stereocenters. The summed E-state index contributed by atoms with van der Waals surface area (Å²) in [5.41, 5.74) is 0.582. The van der Waals surface area contributed by atoms with E-state index in [4.69, 9.17) is 4.74 Å². The maximum absolute atomic E-state index is 12.4. The molecule has 2 N–H and O–H groups in total. The Hall–Kier alpha value is -1.56. The molecular formula is C17H22F3IN4OS. The van der Waals surface area contributed by atoms with Gasteiger partial charge < -0.3 is 15.4 Å². The van der Waals surface area contributed by atoms with Crippen LogP contribution in [0.25, 0.3) is 0 Å². The third-order valence-corrected chi connectivity index (χ3v) is 4.10. The number of guanidine groups is 1. The van der Waals surface area contributed by atoms with Gasteiger partial charge in [-0.3, -0.25) is 0 Å². The molecule has 2 rings (SSSR count). The van der Waals surface area contributed by atoms with Crippen molar-refractivity contribution in [1.29, 1.82) is 0 Å². The fraction of sp³-hybridized carbons (Fsp3) is 0.412. The zero-order valence-corrected chi connectivity index (χ0v) is 18.1. The van der Waals surface area contributed by atoms with Gasteiger partial charge in [0.05, 0.1) is 13.1 Å². The van der Waals surface area contributed by atoms with Crippen molar-refractivity contribution in [3.63, 3.8) is 0 Å². The zero-order chi connectivity index (χ0) is 19.0. The van der Waals surface area contributed by atoms with Crippen LogP contribution in [0.15, 0.2) is 35.5 Å². The number of benzene rings is 1. The average Bonchev–Trinajstić information content (AvgIpc) is 3.01. The molecule has 0 unspecified atom stereocenters. The Morgan fingerprint density at radius 3 is 2.63 bits per heavy atom. The molecule has 0 amide bonds. The summed E-state index contributed by atoms with van der Waals surface area (Å²) in [6.45, 7) is 3.98. The Morgan fingerprint density at radius 2 is 2.00 bits per heavy atom. The number of thiazole rings is 1. The molecule has 0 fully saturated rings. The van der Waals surface area contributed by atoms with Gasteiger partial charge in [0.15, 0.2) is 12.6 Å². The molecule has 10 heteroatoms. The smallest absolute Gasteiger partial charge is 0.422 e. The number of halogens is 4. The Morgan fingerprint density at radius 1 is 1.26 bits per heavy atom. The van der Waals surface area contributed by atoms with Crippen molar-refractivity contribution in [3.05, 3.63) is 45.9 Å². The van der Waals surface area contributed by atoms with Crippen LogP contribution in [0, 0.1) is 6.92 Å². The van der Waals surface area contributed by atoms with Crippen molar-refractivity contribution in [2.45, 2.75) is 33.1 Å². The molecule has 0 spiro atoms. The van der Waals surface area contributed by atoms with Gasteiger partial charge in [0.25, 0.3) is 0 Å². The third-order valence-electron chi connectivity index (χ3n) is 3.19. The van der Waals surface area contributed by atoms with E-state index in [-0.39, 0.29) is 36.3 Å². The van der Waals surface area contributed by atoms with Gasteiger partial charge >= 0.3 is 6.18 Å². The van der Waals surface area contributed by atoms with Crippen molar-refractivity contribution in [2.75, 3.05) is 13.2 Å². The summed E-state index contributed by atoms with van der Waals surface area (Å²) in [4.78, 5) is 9.82. The molecule has 2 aromatic rings. The second-order valence-electron chi connectivity index (χ2n) is 5.42. The molecule has 0 bridgehead atoms. The second-order valence-corrected chi connectivity index (χ2v) is 6.74. The van der Waals surface area contributed by atoms with E-state index in [1.807, 2.05) is 13.8 Å². The number of ether oxygens (including phenoxy) is 1. The summed E-state index contributed by atoms with van der Waals surface area (Å²) in [5, 5.41) is 7.20. The average molecular weight is 514 g/mol. The Kier molecular flexibility index (Phi) is 9.84. The molecule has 0 saturated heterocycles. The van der Waals surface area contributed by atoms with Crippen LogP contribution in [0.5, 0.6) is 5.75 Å². The van der Waals surface area contributed by atoms with Gasteiger partial charge in [0.2, 0.25) is 0 Å². The van der Waals surface area contributed by atoms with Gasteiger partial charge in [0, 0.05) is 23.2 Å². The highest BCUT2D eigenvalue weighted by molar-refractivity contribution is 14.0. The number of hydrogen-bond donors (Lipinski definition) is 2. The number of nitrogens with one attached hydrogen (secondary N) is 2. The number of para-hydroxylation sites is 1. The topological polar surface area (TPSA) is 58.5 Å². The van der Waals surface area contributed by atoms with E-state index >= 15 is 0 Å². The Labute approximate surface area is 177 Å². The number of nitrogens with zero attached hydrogens (tertiary/aromatic N) is 2. The predicted molar refractivity (Wildman–Crippen MR) is 112 cm³/mol. The fourth-order valence-electron chi connectivity index (χ4n) is 2.08. The largest absolute Gasteiger partial charge is 0.484 e. The van der Waals surface area contributed by atoms with Crippen molar-refractivity contribution >= 4 is 41.3 Å². The van der Waals surface area contributed by atoms with E-state index in [0.29, 0.717) is 24.6 Å². The van der Waals surface area contributed by atoms with E-state index in [0.717, 1.165) is 9.88 Å². The van der Waals surface area contributed by atoms with Gasteiger partial charge in [0.1, 0.15) is 10.8 Å². The highest BCUT2D eigenvalue weighted by Crippen LogP contribution is 2.22. The predicted octanol–water partition coefficient (Wildman–Crippen LogP) is 4.27. The van der Waals surface area contributed by atoms with E-state index in [1.165, 1.54) is 6.07 Å². The molecule has 150 valence electrons. The number of aryl methyl sites for hydroxylation is 1. The molecule has 0 saturated carbocycles. The second kappa shape index (κ2) is 11.3. The van der Waals surface area contributed by atoms with E-state index in [2.05, 4.69) is 20.6 Å². The first-order chi connectivity index (χ1) is 12.4. The standard InChI is InChI=1S/C17H21F3N4OS.HI/c1-3-21-16(24-10-15-22-8-12(2)26-15)23-9-13-6-4-5-7-14(13)25-11-17(18,19)20;/h4-8H,3,9-11H2,1-2H3,(H2,21,23,24);1H. The SMILES string of the molecule is CCNC(=NCc1ccccc1OCC(F)(F)F)NCc1ncc(C)s1.I. The molecule has 0 radical (unpaired) electrons. The number of alkyl halides is 3. The van der Waals surface area contributed by atoms with Crippen LogP contribution in [0.3, 0.4) is 0 Å². The number of hydrogen-bond acceptors (Lipinski definition) is 4. The van der Waals surface area contributed by atoms with Crippen LogP contribution >= 0.6 is 35.3 Å². The molecule has 27 heavy (non-hydrogen) atoms. The molecule has 0 aliphatic rings. The lowest BCUT2D eigenvalue weighted by Gasteiger charge is -2.13. The van der Waals surface area contributed by atoms with Gasteiger partial charge in [-0.05, 0) is 19.9 Å². The van der Waals surface area contributed by atoms with Crippen LogP contribution in [0.2, 0.25) is 0 Å². The monoisotopic (exact) mass is 514 g/mol. The lowest BCUT2D eigenvalue weighted by molar-refractivity contribution is -0.153. The van der Waals surface area contributed by atoms with Crippen LogP contribution in [-0.4, -0.2) is 30.3 Å². The lowest BCUT2D eigenvalue weighted by Crippen LogP contribution is -2.36. The summed E-state index contributed by atoms with van der Waals surface area (Å²) in [6, 6.07) is 6.58. The number of aliphatic imine (C=N–C) groups is 1. The highest BCUT2D eigenvalue weighted by atomic mass is 127. The van der Waals surface area contributed by atoms with Crippen molar-refractivity contribution in [2.24, 2.45) is 4.99 Å². The van der Waals surface area contributed by atoms with Crippen LogP contribution in [-0.2, 0) is 13.1 Å². The summed E-state index contributed by atoms with van der Waals surface area (Å²) in [7, 11) is 0. The number of rotatable bonds is 7. The normalized spacial score (nSPS) is 11.7. The van der Waals surface area contributed by atoms with Crippen LogP contribution in [0.4, 0.5) is 13.2 Å². The Bertz CT molecular complexity index is 737. The molecule has 1 aromatic heterocycles. The van der Waals surface area contributed by atoms with E-state index in [9.17, 15) is 13.2 Å². The first-order valence-corrected chi connectivity index (χ1v) is 8.90. The van der Waals surface area contributed by atoms with Crippen LogP contribution < -0.4 is 15.4 Å². The number of aromatic nitrogens is 1. The first kappa shape index (κ1) is 23.5. The summed E-state index contributed by atoms with van der Waals surface area (Å²) < 4.78 is 42.0. The van der Waals surface area contributed by atoms with Gasteiger partial charge in [-0.2, -0.15) is 13.2 Å². The fourth-order valence-corrected chi connectivity index (χ4v) is 2.81. The molecule has 1 aromatic carbocycles. The van der Waals surface area contributed by atoms with E-state index < -0.39 is 12.8 Å². The summed E-state index contributed by atoms with van der Waals surface area (Å²) >= 11 is 1.59. The molecule has 0 aliphatic heterocycles. The lowest BCUT2D eigenvalue weighted by atomic mass is 10.2.